The molecule has 9 heteroatoms. The molecule has 2 saturated carbocycles. The summed E-state index contributed by atoms with van der Waals surface area (Å²) in [6.07, 6.45) is 5.98. The third kappa shape index (κ3) is 3.59. The first kappa shape index (κ1) is 23.3. The summed E-state index contributed by atoms with van der Waals surface area (Å²) < 4.78 is 0. The van der Waals surface area contributed by atoms with Crippen LogP contribution in [0.15, 0.2) is 24.3 Å². The zero-order chi connectivity index (χ0) is 24.2. The number of benzene rings is 1. The Labute approximate surface area is 190 Å². The van der Waals surface area contributed by atoms with E-state index in [0.29, 0.717) is 25.7 Å². The number of phenolic OH excluding ortho intramolecular Hbond substituents is 1. The van der Waals surface area contributed by atoms with Crippen LogP contribution in [0.2, 0.25) is 0 Å². The van der Waals surface area contributed by atoms with E-state index in [9.17, 15) is 34.8 Å². The average Bonchev–Trinajstić information content (AvgIpc) is 2.98. The Bertz CT molecular complexity index is 1050. The number of rotatable bonds is 6. The number of fused-ring (bicyclic) bond motifs is 1. The van der Waals surface area contributed by atoms with Crippen molar-refractivity contribution in [3.8, 4) is 11.5 Å². The molecular formula is C24H29NO8. The largest absolute Gasteiger partial charge is 0.506 e. The number of aromatic carboxylic acids is 1. The van der Waals surface area contributed by atoms with Crippen LogP contribution in [0.3, 0.4) is 0 Å². The van der Waals surface area contributed by atoms with Gasteiger partial charge in [-0.3, -0.25) is 9.59 Å². The summed E-state index contributed by atoms with van der Waals surface area (Å²) >= 11 is 0. The van der Waals surface area contributed by atoms with Gasteiger partial charge in [-0.1, -0.05) is 13.0 Å². The summed E-state index contributed by atoms with van der Waals surface area (Å²) in [7, 11) is 0. The van der Waals surface area contributed by atoms with Crippen molar-refractivity contribution in [3.63, 3.8) is 0 Å². The van der Waals surface area contributed by atoms with Crippen LogP contribution < -0.4 is 5.32 Å². The molecule has 0 aromatic heterocycles. The Balaban J connectivity index is 1.52. The highest BCUT2D eigenvalue weighted by Crippen LogP contribution is 2.65. The lowest BCUT2D eigenvalue weighted by molar-refractivity contribution is -0.133. The zero-order valence-corrected chi connectivity index (χ0v) is 18.4. The van der Waals surface area contributed by atoms with E-state index >= 15 is 0 Å². The van der Waals surface area contributed by atoms with Crippen LogP contribution in [0.5, 0.6) is 11.5 Å². The highest BCUT2D eigenvalue weighted by atomic mass is 16.4. The monoisotopic (exact) mass is 459 g/mol. The topological polar surface area (TPSA) is 164 Å². The number of phenols is 2. The number of amides is 1. The lowest BCUT2D eigenvalue weighted by Crippen LogP contribution is -2.48. The third-order valence-corrected chi connectivity index (χ3v) is 8.21. The van der Waals surface area contributed by atoms with E-state index in [1.807, 2.05) is 13.0 Å². The van der Waals surface area contributed by atoms with Gasteiger partial charge < -0.3 is 30.8 Å². The van der Waals surface area contributed by atoms with Gasteiger partial charge in [0, 0.05) is 11.8 Å². The average molecular weight is 459 g/mol. The van der Waals surface area contributed by atoms with Crippen molar-refractivity contribution in [2.75, 3.05) is 11.9 Å². The third-order valence-electron chi connectivity index (χ3n) is 8.21. The van der Waals surface area contributed by atoms with Gasteiger partial charge in [-0.2, -0.15) is 0 Å². The molecule has 1 amide bonds. The Morgan fingerprint density at radius 1 is 1.21 bits per heavy atom. The van der Waals surface area contributed by atoms with Gasteiger partial charge in [0.25, 0.3) is 0 Å². The minimum atomic E-state index is -1.41. The molecule has 2 fully saturated rings. The number of anilines is 1. The van der Waals surface area contributed by atoms with Crippen LogP contribution >= 0.6 is 0 Å². The number of carboxylic acids is 1. The zero-order valence-electron chi connectivity index (χ0n) is 18.4. The Morgan fingerprint density at radius 3 is 2.61 bits per heavy atom. The quantitative estimate of drug-likeness (QED) is 0.352. The molecule has 1 spiro atoms. The molecule has 9 nitrogen and oxygen atoms in total. The summed E-state index contributed by atoms with van der Waals surface area (Å²) in [6, 6.07) is 2.10. The Hall–Kier alpha value is -2.91. The van der Waals surface area contributed by atoms with Gasteiger partial charge in [0.1, 0.15) is 17.0 Å². The maximum atomic E-state index is 13.0. The fourth-order valence-electron chi connectivity index (χ4n) is 6.46. The van der Waals surface area contributed by atoms with Crippen LogP contribution in [0.4, 0.5) is 5.69 Å². The number of allylic oxidation sites excluding steroid dienone is 2. The highest BCUT2D eigenvalue weighted by Gasteiger charge is 2.63. The van der Waals surface area contributed by atoms with Gasteiger partial charge in [0.15, 0.2) is 11.5 Å². The molecule has 1 aromatic rings. The van der Waals surface area contributed by atoms with Crippen LogP contribution in [0.25, 0.3) is 0 Å². The number of hydrogen-bond donors (Lipinski definition) is 6. The van der Waals surface area contributed by atoms with Crippen molar-refractivity contribution >= 4 is 23.3 Å². The van der Waals surface area contributed by atoms with Crippen LogP contribution in [0.1, 0.15) is 55.8 Å². The summed E-state index contributed by atoms with van der Waals surface area (Å²) in [5.74, 6) is -3.42. The molecule has 0 heterocycles. The van der Waals surface area contributed by atoms with Gasteiger partial charge in [0.05, 0.1) is 12.2 Å². The number of carboxylic acid groups (broad SMARTS) is 1. The molecule has 5 unspecified atom stereocenters. The van der Waals surface area contributed by atoms with Crippen LogP contribution in [-0.2, 0) is 9.59 Å². The van der Waals surface area contributed by atoms with Gasteiger partial charge >= 0.3 is 5.97 Å². The molecule has 6 N–H and O–H groups in total. The second-order valence-corrected chi connectivity index (χ2v) is 10.0. The van der Waals surface area contributed by atoms with Crippen molar-refractivity contribution < 1.29 is 39.9 Å². The predicted octanol–water partition coefficient (Wildman–Crippen LogP) is 2.19. The first-order chi connectivity index (χ1) is 15.5. The molecule has 178 valence electrons. The molecule has 4 rings (SSSR count). The summed E-state index contributed by atoms with van der Waals surface area (Å²) in [5.41, 5.74) is -3.28. The molecule has 3 aliphatic carbocycles. The standard InChI is InChI=1S/C24H29NO8/c1-22(8-7-18(29)25-19-15(27)4-3-14(20(19)30)21(31)32)16-5-2-13-10-23(16,9-6-17(22)28)11-24(13,33)12-26/h3-4,6,9,13,16,26-27,30,33H,2,5,7-8,10-12H2,1H3,(H,25,29)(H,31,32). The first-order valence-corrected chi connectivity index (χ1v) is 11.1. The fourth-order valence-corrected chi connectivity index (χ4v) is 6.46. The molecule has 33 heavy (non-hydrogen) atoms. The van der Waals surface area contributed by atoms with Gasteiger partial charge in [-0.05, 0) is 67.6 Å². The molecule has 3 aliphatic rings. The number of aliphatic hydroxyl groups excluding tert-OH is 1. The van der Waals surface area contributed by atoms with E-state index in [-0.39, 0.29) is 42.8 Å². The number of carbonyl (C=O) groups excluding carboxylic acids is 2. The summed E-state index contributed by atoms with van der Waals surface area (Å²) in [6.45, 7) is 1.50. The lowest BCUT2D eigenvalue weighted by atomic mass is 9.52. The van der Waals surface area contributed by atoms with Crippen molar-refractivity contribution in [1.29, 1.82) is 0 Å². The molecule has 0 saturated heterocycles. The number of carbonyl (C=O) groups is 3. The van der Waals surface area contributed by atoms with E-state index in [2.05, 4.69) is 5.32 Å². The van der Waals surface area contributed by atoms with Crippen molar-refractivity contribution in [1.82, 2.24) is 0 Å². The molecule has 0 radical (unpaired) electrons. The maximum absolute atomic E-state index is 13.0. The smallest absolute Gasteiger partial charge is 0.339 e. The van der Waals surface area contributed by atoms with E-state index in [0.717, 1.165) is 12.1 Å². The fraction of sp³-hybridized carbons (Fsp3) is 0.542. The molecule has 0 aliphatic heterocycles. The molecule has 2 bridgehead atoms. The minimum Gasteiger partial charge on any atom is -0.506 e. The van der Waals surface area contributed by atoms with Gasteiger partial charge in [0.2, 0.25) is 5.91 Å². The Morgan fingerprint density at radius 2 is 1.94 bits per heavy atom. The normalized spacial score (nSPS) is 34.7. The van der Waals surface area contributed by atoms with E-state index < -0.39 is 45.4 Å². The number of nitrogens with one attached hydrogen (secondary N) is 1. The predicted molar refractivity (Wildman–Crippen MR) is 117 cm³/mol. The van der Waals surface area contributed by atoms with Gasteiger partial charge in [-0.15, -0.1) is 0 Å². The SMILES string of the molecule is CC1(CCC(=O)Nc2c(O)ccc(C(=O)O)c2O)C(=O)C=CC23CC(CCC21)C(O)(CO)C3. The molecule has 5 atom stereocenters. The van der Waals surface area contributed by atoms with Crippen LogP contribution in [-0.4, -0.2) is 55.4 Å². The van der Waals surface area contributed by atoms with Gasteiger partial charge in [-0.25, -0.2) is 4.79 Å². The minimum absolute atomic E-state index is 0.0309. The number of ketones is 1. The van der Waals surface area contributed by atoms with Crippen molar-refractivity contribution in [2.45, 2.75) is 51.0 Å². The van der Waals surface area contributed by atoms with E-state index in [4.69, 9.17) is 5.11 Å². The lowest BCUT2D eigenvalue weighted by Gasteiger charge is -2.50. The molecular weight excluding hydrogens is 430 g/mol. The van der Waals surface area contributed by atoms with Crippen molar-refractivity contribution in [2.24, 2.45) is 22.7 Å². The number of hydrogen-bond acceptors (Lipinski definition) is 7. The summed E-state index contributed by atoms with van der Waals surface area (Å²) in [4.78, 5) is 36.9. The highest BCUT2D eigenvalue weighted by molar-refractivity contribution is 6.00. The molecule has 1 aromatic carbocycles. The summed E-state index contributed by atoms with van der Waals surface area (Å²) in [5, 5.41) is 52.3. The van der Waals surface area contributed by atoms with E-state index in [1.54, 1.807) is 0 Å². The van der Waals surface area contributed by atoms with Crippen LogP contribution in [0, 0.1) is 22.7 Å². The second kappa shape index (κ2) is 7.85. The Kier molecular flexibility index (Phi) is 5.53. The van der Waals surface area contributed by atoms with Crippen molar-refractivity contribution in [3.05, 3.63) is 29.8 Å². The number of aromatic hydroxyl groups is 2. The number of aliphatic hydroxyl groups is 2. The maximum Gasteiger partial charge on any atom is 0.339 e. The second-order valence-electron chi connectivity index (χ2n) is 10.0. The first-order valence-electron chi connectivity index (χ1n) is 11.1. The van der Waals surface area contributed by atoms with E-state index in [1.165, 1.54) is 6.08 Å².